The Morgan fingerprint density at radius 1 is 1.50 bits per heavy atom. The van der Waals surface area contributed by atoms with Gasteiger partial charge in [0.15, 0.2) is 5.69 Å². The van der Waals surface area contributed by atoms with Crippen molar-refractivity contribution in [1.29, 1.82) is 5.26 Å². The number of aryl methyl sites for hydroxylation is 1. The molecular formula is C11H19N3OSi. The number of nitriles is 1. The minimum atomic E-state index is -1.01. The van der Waals surface area contributed by atoms with Gasteiger partial charge < -0.3 is 9.30 Å². The van der Waals surface area contributed by atoms with Crippen LogP contribution < -0.4 is 0 Å². The molecule has 0 saturated carbocycles. The summed E-state index contributed by atoms with van der Waals surface area (Å²) in [7, 11) is -1.01. The van der Waals surface area contributed by atoms with Gasteiger partial charge in [0.05, 0.1) is 0 Å². The Kier molecular flexibility index (Phi) is 4.27. The summed E-state index contributed by atoms with van der Waals surface area (Å²) < 4.78 is 7.45. The molecule has 0 fully saturated rings. The lowest BCUT2D eigenvalue weighted by Crippen LogP contribution is -2.22. The van der Waals surface area contributed by atoms with E-state index in [0.717, 1.165) is 18.5 Å². The Labute approximate surface area is 97.9 Å². The highest BCUT2D eigenvalue weighted by atomic mass is 28.3. The van der Waals surface area contributed by atoms with Crippen molar-refractivity contribution in [1.82, 2.24) is 9.55 Å². The standard InChI is InChI=1S/C11H19N3OSi/c1-10-13-11(7-12)8-14(10)9-15-5-6-16(2,3)4/h8H,5-6,9H2,1-4H3. The Bertz CT molecular complexity index is 387. The second kappa shape index (κ2) is 5.28. The molecule has 5 heteroatoms. The topological polar surface area (TPSA) is 50.8 Å². The second-order valence-electron chi connectivity index (χ2n) is 5.10. The zero-order valence-corrected chi connectivity index (χ0v) is 11.4. The van der Waals surface area contributed by atoms with Crippen molar-refractivity contribution in [3.8, 4) is 6.07 Å². The van der Waals surface area contributed by atoms with Crippen LogP contribution >= 0.6 is 0 Å². The Balaban J connectivity index is 2.38. The largest absolute Gasteiger partial charge is 0.361 e. The van der Waals surface area contributed by atoms with Crippen molar-refractivity contribution < 1.29 is 4.74 Å². The van der Waals surface area contributed by atoms with Crippen molar-refractivity contribution in [3.05, 3.63) is 17.7 Å². The van der Waals surface area contributed by atoms with Gasteiger partial charge in [0.2, 0.25) is 0 Å². The van der Waals surface area contributed by atoms with Gasteiger partial charge in [0.25, 0.3) is 0 Å². The molecule has 0 aliphatic heterocycles. The first kappa shape index (κ1) is 12.9. The van der Waals surface area contributed by atoms with Crippen LogP contribution in [-0.4, -0.2) is 24.2 Å². The molecule has 4 nitrogen and oxygen atoms in total. The lowest BCUT2D eigenvalue weighted by atomic mass is 10.5. The van der Waals surface area contributed by atoms with E-state index in [1.807, 2.05) is 17.6 Å². The minimum Gasteiger partial charge on any atom is -0.361 e. The maximum absolute atomic E-state index is 8.69. The molecule has 0 bridgehead atoms. The van der Waals surface area contributed by atoms with Crippen LogP contribution in [0.15, 0.2) is 6.20 Å². The van der Waals surface area contributed by atoms with Crippen LogP contribution in [-0.2, 0) is 11.5 Å². The van der Waals surface area contributed by atoms with Gasteiger partial charge in [-0.25, -0.2) is 4.98 Å². The summed E-state index contributed by atoms with van der Waals surface area (Å²) in [5.74, 6) is 0.824. The summed E-state index contributed by atoms with van der Waals surface area (Å²) in [6.07, 6.45) is 1.73. The van der Waals surface area contributed by atoms with Gasteiger partial charge >= 0.3 is 0 Å². The van der Waals surface area contributed by atoms with E-state index in [-0.39, 0.29) is 0 Å². The number of hydrogen-bond donors (Lipinski definition) is 0. The highest BCUT2D eigenvalue weighted by Gasteiger charge is 2.12. The fourth-order valence-corrected chi connectivity index (χ4v) is 1.99. The molecule has 0 aromatic carbocycles. The third kappa shape index (κ3) is 4.17. The quantitative estimate of drug-likeness (QED) is 0.583. The Hall–Kier alpha value is -1.12. The molecule has 0 amide bonds. The van der Waals surface area contributed by atoms with Gasteiger partial charge in [-0.2, -0.15) is 5.26 Å². The molecule has 1 aromatic heterocycles. The molecule has 0 N–H and O–H groups in total. The van der Waals surface area contributed by atoms with Crippen molar-refractivity contribution in [3.63, 3.8) is 0 Å². The van der Waals surface area contributed by atoms with Crippen molar-refractivity contribution >= 4 is 8.07 Å². The molecule has 1 heterocycles. The van der Waals surface area contributed by atoms with E-state index in [4.69, 9.17) is 10.00 Å². The first-order valence-corrected chi connectivity index (χ1v) is 9.15. The van der Waals surface area contributed by atoms with Crippen molar-refractivity contribution in [2.24, 2.45) is 0 Å². The molecule has 1 rings (SSSR count). The summed E-state index contributed by atoms with van der Waals surface area (Å²) >= 11 is 0. The maximum atomic E-state index is 8.69. The lowest BCUT2D eigenvalue weighted by molar-refractivity contribution is 0.0857. The van der Waals surface area contributed by atoms with Crippen molar-refractivity contribution in [2.45, 2.75) is 39.3 Å². The third-order valence-corrected chi connectivity index (χ3v) is 4.02. The first-order chi connectivity index (χ1) is 7.42. The summed E-state index contributed by atoms with van der Waals surface area (Å²) in [4.78, 5) is 4.09. The van der Waals surface area contributed by atoms with Crippen LogP contribution in [0.5, 0.6) is 0 Å². The number of aromatic nitrogens is 2. The van der Waals surface area contributed by atoms with E-state index < -0.39 is 8.07 Å². The summed E-state index contributed by atoms with van der Waals surface area (Å²) in [5.41, 5.74) is 0.450. The van der Waals surface area contributed by atoms with E-state index in [1.54, 1.807) is 6.20 Å². The Morgan fingerprint density at radius 2 is 2.19 bits per heavy atom. The molecular weight excluding hydrogens is 218 g/mol. The molecule has 0 aliphatic carbocycles. The zero-order valence-electron chi connectivity index (χ0n) is 10.4. The minimum absolute atomic E-state index is 0.450. The van der Waals surface area contributed by atoms with E-state index in [1.165, 1.54) is 0 Å². The molecule has 88 valence electrons. The number of nitrogens with zero attached hydrogens (tertiary/aromatic N) is 3. The normalized spacial score (nSPS) is 11.4. The molecule has 0 aliphatic rings. The molecule has 0 unspecified atom stereocenters. The van der Waals surface area contributed by atoms with Crippen molar-refractivity contribution in [2.75, 3.05) is 6.61 Å². The van der Waals surface area contributed by atoms with E-state index >= 15 is 0 Å². The number of imidazole rings is 1. The first-order valence-electron chi connectivity index (χ1n) is 5.44. The lowest BCUT2D eigenvalue weighted by Gasteiger charge is -2.15. The number of rotatable bonds is 5. The van der Waals surface area contributed by atoms with Crippen LogP contribution in [0.1, 0.15) is 11.5 Å². The predicted octanol–water partition coefficient (Wildman–Crippen LogP) is 2.38. The molecule has 0 saturated heterocycles. The number of ether oxygens (including phenoxy) is 1. The summed E-state index contributed by atoms with van der Waals surface area (Å²) in [6, 6.07) is 3.18. The SMILES string of the molecule is Cc1nc(C#N)cn1COCC[Si](C)(C)C. The van der Waals surface area contributed by atoms with Gasteiger partial charge in [0.1, 0.15) is 18.6 Å². The molecule has 0 radical (unpaired) electrons. The zero-order chi connectivity index (χ0) is 12.2. The van der Waals surface area contributed by atoms with Gasteiger partial charge in [0, 0.05) is 20.9 Å². The van der Waals surface area contributed by atoms with E-state index in [0.29, 0.717) is 12.4 Å². The number of hydrogen-bond acceptors (Lipinski definition) is 3. The molecule has 0 atom stereocenters. The van der Waals surface area contributed by atoms with Gasteiger partial charge in [-0.1, -0.05) is 19.6 Å². The maximum Gasteiger partial charge on any atom is 0.158 e. The van der Waals surface area contributed by atoms with Crippen LogP contribution in [0.25, 0.3) is 0 Å². The van der Waals surface area contributed by atoms with Crippen LogP contribution in [0.4, 0.5) is 0 Å². The monoisotopic (exact) mass is 237 g/mol. The highest BCUT2D eigenvalue weighted by molar-refractivity contribution is 6.76. The fraction of sp³-hybridized carbons (Fsp3) is 0.636. The summed E-state index contributed by atoms with van der Waals surface area (Å²) in [6.45, 7) is 10.1. The highest BCUT2D eigenvalue weighted by Crippen LogP contribution is 2.08. The van der Waals surface area contributed by atoms with Crippen LogP contribution in [0.3, 0.4) is 0 Å². The molecule has 16 heavy (non-hydrogen) atoms. The van der Waals surface area contributed by atoms with Gasteiger partial charge in [-0.3, -0.25) is 0 Å². The van der Waals surface area contributed by atoms with Crippen LogP contribution in [0.2, 0.25) is 25.7 Å². The smallest absolute Gasteiger partial charge is 0.158 e. The average molecular weight is 237 g/mol. The molecule has 0 spiro atoms. The van der Waals surface area contributed by atoms with Crippen LogP contribution in [0, 0.1) is 18.3 Å². The predicted molar refractivity (Wildman–Crippen MR) is 65.8 cm³/mol. The summed E-state index contributed by atoms with van der Waals surface area (Å²) in [5, 5.41) is 8.69. The second-order valence-corrected chi connectivity index (χ2v) is 10.7. The van der Waals surface area contributed by atoms with Gasteiger partial charge in [-0.05, 0) is 13.0 Å². The average Bonchev–Trinajstić information content (AvgIpc) is 2.53. The Morgan fingerprint density at radius 3 is 2.69 bits per heavy atom. The van der Waals surface area contributed by atoms with E-state index in [2.05, 4.69) is 24.6 Å². The molecule has 1 aromatic rings. The fourth-order valence-electron chi connectivity index (χ4n) is 1.23. The third-order valence-electron chi connectivity index (χ3n) is 2.32. The van der Waals surface area contributed by atoms with Gasteiger partial charge in [-0.15, -0.1) is 0 Å². The van der Waals surface area contributed by atoms with E-state index in [9.17, 15) is 0 Å².